The predicted molar refractivity (Wildman–Crippen MR) is 90.1 cm³/mol. The van der Waals surface area contributed by atoms with Crippen molar-refractivity contribution in [2.75, 3.05) is 20.1 Å². The minimum Gasteiger partial charge on any atom is -0.364 e. The predicted octanol–water partition coefficient (Wildman–Crippen LogP) is 0.795. The van der Waals surface area contributed by atoms with Crippen LogP contribution in [0.2, 0.25) is 0 Å². The molecule has 0 bridgehead atoms. The van der Waals surface area contributed by atoms with Crippen molar-refractivity contribution in [3.8, 4) is 5.69 Å². The van der Waals surface area contributed by atoms with Gasteiger partial charge in [-0.3, -0.25) is 9.59 Å². The Bertz CT molecular complexity index is 741. The fraction of sp³-hybridized carbons (Fsp3) is 0.353. The van der Waals surface area contributed by atoms with Gasteiger partial charge in [0, 0.05) is 25.2 Å². The van der Waals surface area contributed by atoms with E-state index in [1.54, 1.807) is 0 Å². The molecule has 2 heterocycles. The number of rotatable bonds is 5. The Hall–Kier alpha value is -2.67. The van der Waals surface area contributed by atoms with Gasteiger partial charge in [0.1, 0.15) is 5.69 Å². The Labute approximate surface area is 140 Å². The van der Waals surface area contributed by atoms with Crippen molar-refractivity contribution in [2.45, 2.75) is 18.9 Å². The number of nitrogens with two attached hydrogens (primary N) is 1. The number of likely N-dealkylation sites (tertiary alicyclic amines) is 1. The quantitative estimate of drug-likeness (QED) is 0.849. The molecule has 3 rings (SSSR count). The molecule has 1 aromatic carbocycles. The van der Waals surface area contributed by atoms with Gasteiger partial charge in [0.15, 0.2) is 5.69 Å². The Balaban J connectivity index is 1.94. The van der Waals surface area contributed by atoms with E-state index < -0.39 is 5.91 Å². The van der Waals surface area contributed by atoms with E-state index in [0.29, 0.717) is 12.2 Å². The second-order valence-electron chi connectivity index (χ2n) is 5.88. The molecule has 1 unspecified atom stereocenters. The number of carbonyl (C=O) groups is 2. The van der Waals surface area contributed by atoms with Crippen molar-refractivity contribution in [3.05, 3.63) is 47.8 Å². The molecule has 1 saturated heterocycles. The third kappa shape index (κ3) is 3.03. The maximum atomic E-state index is 12.8. The van der Waals surface area contributed by atoms with Crippen molar-refractivity contribution in [2.24, 2.45) is 5.73 Å². The SMILES string of the molecule is CNCC1CCCN1C(=O)c1cc(C(N)=O)n(-c2ccccc2)n1. The standard InChI is InChI=1S/C17H21N5O2/c1-19-11-13-8-5-9-21(13)17(24)14-10-15(16(18)23)22(20-14)12-6-3-2-4-7-12/h2-4,6-7,10,13,19H,5,8-9,11H2,1H3,(H2,18,23). The minimum absolute atomic E-state index is 0.154. The average molecular weight is 327 g/mol. The lowest BCUT2D eigenvalue weighted by atomic mass is 10.2. The maximum absolute atomic E-state index is 12.8. The van der Waals surface area contributed by atoms with Gasteiger partial charge < -0.3 is 16.0 Å². The summed E-state index contributed by atoms with van der Waals surface area (Å²) in [6.07, 6.45) is 1.94. The molecule has 0 saturated carbocycles. The molecule has 2 amide bonds. The molecular weight excluding hydrogens is 306 g/mol. The Morgan fingerprint density at radius 2 is 2.08 bits per heavy atom. The molecule has 0 radical (unpaired) electrons. The first-order chi connectivity index (χ1) is 11.6. The van der Waals surface area contributed by atoms with Gasteiger partial charge in [0.05, 0.1) is 5.69 Å². The van der Waals surface area contributed by atoms with Crippen LogP contribution in [0.1, 0.15) is 33.8 Å². The number of hydrogen-bond acceptors (Lipinski definition) is 4. The second-order valence-corrected chi connectivity index (χ2v) is 5.88. The molecule has 1 aromatic heterocycles. The van der Waals surface area contributed by atoms with Gasteiger partial charge in [-0.15, -0.1) is 0 Å². The van der Waals surface area contributed by atoms with Crippen LogP contribution in [-0.2, 0) is 0 Å². The van der Waals surface area contributed by atoms with Crippen molar-refractivity contribution in [1.29, 1.82) is 0 Å². The van der Waals surface area contributed by atoms with Crippen LogP contribution < -0.4 is 11.1 Å². The number of amides is 2. The summed E-state index contributed by atoms with van der Waals surface area (Å²) in [5, 5.41) is 7.46. The van der Waals surface area contributed by atoms with Gasteiger partial charge in [-0.2, -0.15) is 5.10 Å². The smallest absolute Gasteiger partial charge is 0.274 e. The van der Waals surface area contributed by atoms with Gasteiger partial charge >= 0.3 is 0 Å². The Morgan fingerprint density at radius 1 is 1.33 bits per heavy atom. The summed E-state index contributed by atoms with van der Waals surface area (Å²) < 4.78 is 1.43. The highest BCUT2D eigenvalue weighted by Gasteiger charge is 2.31. The van der Waals surface area contributed by atoms with Crippen LogP contribution in [0.15, 0.2) is 36.4 Å². The molecular formula is C17H21N5O2. The Morgan fingerprint density at radius 3 is 2.75 bits per heavy atom. The van der Waals surface area contributed by atoms with Crippen LogP contribution in [0.4, 0.5) is 0 Å². The maximum Gasteiger partial charge on any atom is 0.274 e. The lowest BCUT2D eigenvalue weighted by molar-refractivity contribution is 0.0730. The number of para-hydroxylation sites is 1. The summed E-state index contributed by atoms with van der Waals surface area (Å²) in [6, 6.07) is 10.8. The van der Waals surface area contributed by atoms with Gasteiger partial charge in [0.2, 0.25) is 0 Å². The van der Waals surface area contributed by atoms with E-state index in [9.17, 15) is 9.59 Å². The van der Waals surface area contributed by atoms with Gasteiger partial charge in [-0.25, -0.2) is 4.68 Å². The molecule has 1 aliphatic rings. The van der Waals surface area contributed by atoms with E-state index in [-0.39, 0.29) is 23.3 Å². The molecule has 0 aliphatic carbocycles. The topological polar surface area (TPSA) is 93.3 Å². The fourth-order valence-corrected chi connectivity index (χ4v) is 3.13. The van der Waals surface area contributed by atoms with Crippen LogP contribution in [0.5, 0.6) is 0 Å². The van der Waals surface area contributed by atoms with Gasteiger partial charge in [-0.1, -0.05) is 18.2 Å². The molecule has 24 heavy (non-hydrogen) atoms. The van der Waals surface area contributed by atoms with E-state index in [4.69, 9.17) is 5.73 Å². The first-order valence-electron chi connectivity index (χ1n) is 8.02. The van der Waals surface area contributed by atoms with Crippen molar-refractivity contribution in [3.63, 3.8) is 0 Å². The van der Waals surface area contributed by atoms with Crippen LogP contribution in [0, 0.1) is 0 Å². The molecule has 7 heteroatoms. The third-order valence-electron chi connectivity index (χ3n) is 4.26. The number of primary amides is 1. The summed E-state index contributed by atoms with van der Waals surface area (Å²) in [6.45, 7) is 1.45. The van der Waals surface area contributed by atoms with Crippen LogP contribution in [-0.4, -0.2) is 52.7 Å². The Kier molecular flexibility index (Phi) is 4.61. The van der Waals surface area contributed by atoms with E-state index >= 15 is 0 Å². The van der Waals surface area contributed by atoms with E-state index in [1.165, 1.54) is 10.7 Å². The number of aromatic nitrogens is 2. The highest BCUT2D eigenvalue weighted by molar-refractivity contribution is 5.98. The van der Waals surface area contributed by atoms with Crippen molar-refractivity contribution >= 4 is 11.8 Å². The fourth-order valence-electron chi connectivity index (χ4n) is 3.13. The van der Waals surface area contributed by atoms with E-state index in [1.807, 2.05) is 42.3 Å². The molecule has 0 spiro atoms. The second kappa shape index (κ2) is 6.84. The molecule has 3 N–H and O–H groups in total. The number of nitrogens with zero attached hydrogens (tertiary/aromatic N) is 3. The molecule has 1 aliphatic heterocycles. The summed E-state index contributed by atoms with van der Waals surface area (Å²) in [5.74, 6) is -0.775. The molecule has 126 valence electrons. The molecule has 7 nitrogen and oxygen atoms in total. The first kappa shape index (κ1) is 16.2. The average Bonchev–Trinajstić information content (AvgIpc) is 3.22. The highest BCUT2D eigenvalue weighted by atomic mass is 16.2. The number of nitrogens with one attached hydrogen (secondary N) is 1. The molecule has 1 atom stereocenters. The largest absolute Gasteiger partial charge is 0.364 e. The van der Waals surface area contributed by atoms with Crippen molar-refractivity contribution in [1.82, 2.24) is 20.0 Å². The normalized spacial score (nSPS) is 17.2. The van der Waals surface area contributed by atoms with Gasteiger partial charge in [-0.05, 0) is 32.0 Å². The minimum atomic E-state index is -0.612. The highest BCUT2D eigenvalue weighted by Crippen LogP contribution is 2.20. The number of likely N-dealkylation sites (N-methyl/N-ethyl adjacent to an activating group) is 1. The molecule has 1 fully saturated rings. The zero-order valence-corrected chi connectivity index (χ0v) is 13.6. The van der Waals surface area contributed by atoms with Crippen LogP contribution in [0.25, 0.3) is 5.69 Å². The lowest BCUT2D eigenvalue weighted by Gasteiger charge is -2.23. The van der Waals surface area contributed by atoms with E-state index in [0.717, 1.165) is 19.4 Å². The third-order valence-corrected chi connectivity index (χ3v) is 4.26. The monoisotopic (exact) mass is 327 g/mol. The van der Waals surface area contributed by atoms with Crippen molar-refractivity contribution < 1.29 is 9.59 Å². The number of hydrogen-bond donors (Lipinski definition) is 2. The van der Waals surface area contributed by atoms with E-state index in [2.05, 4.69) is 10.4 Å². The summed E-state index contributed by atoms with van der Waals surface area (Å²) in [4.78, 5) is 26.4. The number of carbonyl (C=O) groups excluding carboxylic acids is 2. The number of benzene rings is 1. The van der Waals surface area contributed by atoms with Crippen LogP contribution >= 0.6 is 0 Å². The summed E-state index contributed by atoms with van der Waals surface area (Å²) in [5.41, 5.74) is 6.60. The first-order valence-corrected chi connectivity index (χ1v) is 8.02. The summed E-state index contributed by atoms with van der Waals surface area (Å²) >= 11 is 0. The summed E-state index contributed by atoms with van der Waals surface area (Å²) in [7, 11) is 1.87. The molecule has 2 aromatic rings. The zero-order valence-electron chi connectivity index (χ0n) is 13.6. The zero-order chi connectivity index (χ0) is 17.1. The lowest BCUT2D eigenvalue weighted by Crippen LogP contribution is -2.41. The van der Waals surface area contributed by atoms with Crippen LogP contribution in [0.3, 0.4) is 0 Å². The van der Waals surface area contributed by atoms with Gasteiger partial charge in [0.25, 0.3) is 11.8 Å².